The summed E-state index contributed by atoms with van der Waals surface area (Å²) in [6.07, 6.45) is 0. The summed E-state index contributed by atoms with van der Waals surface area (Å²) in [5.41, 5.74) is 1.01. The fourth-order valence-corrected chi connectivity index (χ4v) is 1.86. The second-order valence-electron chi connectivity index (χ2n) is 2.20. The van der Waals surface area contributed by atoms with Crippen molar-refractivity contribution in [2.45, 2.75) is 2.14 Å². The van der Waals surface area contributed by atoms with Crippen LogP contribution in [0.15, 0.2) is 24.3 Å². The first-order valence-corrected chi connectivity index (χ1v) is 5.64. The van der Waals surface area contributed by atoms with Crippen molar-refractivity contribution >= 4 is 47.8 Å². The molecule has 0 aromatic heterocycles. The highest BCUT2D eigenvalue weighted by molar-refractivity contribution is 9.38. The lowest BCUT2D eigenvalue weighted by Crippen LogP contribution is -2.00. The van der Waals surface area contributed by atoms with E-state index in [2.05, 4.69) is 47.8 Å². The van der Waals surface area contributed by atoms with E-state index in [0.29, 0.717) is 0 Å². The molecule has 0 fully saturated rings. The standard InChI is InChI=1S/C8H7Br3O/c1-12-7-5-3-2-4-6(7)8(9,10)11/h2-5H,1H3. The summed E-state index contributed by atoms with van der Waals surface area (Å²) in [6.45, 7) is 0. The Bertz CT molecular complexity index is 267. The summed E-state index contributed by atoms with van der Waals surface area (Å²) in [5.74, 6) is 0.836. The van der Waals surface area contributed by atoms with Gasteiger partial charge in [-0.05, 0) is 6.07 Å². The Morgan fingerprint density at radius 1 is 1.17 bits per heavy atom. The second kappa shape index (κ2) is 4.11. The molecule has 0 aliphatic heterocycles. The van der Waals surface area contributed by atoms with Crippen LogP contribution in [0.4, 0.5) is 0 Å². The normalized spacial score (nSPS) is 11.3. The first-order valence-electron chi connectivity index (χ1n) is 3.26. The van der Waals surface area contributed by atoms with Crippen LogP contribution in [0, 0.1) is 0 Å². The summed E-state index contributed by atoms with van der Waals surface area (Å²) < 4.78 is 4.78. The molecular weight excluding hydrogens is 352 g/mol. The summed E-state index contributed by atoms with van der Waals surface area (Å²) in [6, 6.07) is 7.77. The molecule has 0 radical (unpaired) electrons. The molecule has 1 aromatic rings. The summed E-state index contributed by atoms with van der Waals surface area (Å²) in [4.78, 5) is 0. The van der Waals surface area contributed by atoms with Gasteiger partial charge in [0.2, 0.25) is 0 Å². The molecule has 12 heavy (non-hydrogen) atoms. The molecule has 0 aliphatic rings. The number of hydrogen-bond acceptors (Lipinski definition) is 1. The third-order valence-corrected chi connectivity index (χ3v) is 2.69. The van der Waals surface area contributed by atoms with Gasteiger partial charge in [0.05, 0.1) is 7.11 Å². The van der Waals surface area contributed by atoms with E-state index in [9.17, 15) is 0 Å². The molecule has 0 spiro atoms. The van der Waals surface area contributed by atoms with Crippen LogP contribution >= 0.6 is 47.8 Å². The average molecular weight is 359 g/mol. The van der Waals surface area contributed by atoms with Crippen LogP contribution in [-0.2, 0) is 2.14 Å². The number of halogens is 3. The van der Waals surface area contributed by atoms with Crippen molar-refractivity contribution < 1.29 is 4.74 Å². The smallest absolute Gasteiger partial charge is 0.163 e. The average Bonchev–Trinajstić information content (AvgIpc) is 2.03. The minimum atomic E-state index is -0.403. The zero-order valence-electron chi connectivity index (χ0n) is 6.35. The van der Waals surface area contributed by atoms with Gasteiger partial charge in [0.1, 0.15) is 5.75 Å². The van der Waals surface area contributed by atoms with Crippen molar-refractivity contribution in [3.8, 4) is 5.75 Å². The molecule has 1 aromatic carbocycles. The molecule has 66 valence electrons. The van der Waals surface area contributed by atoms with Gasteiger partial charge in [-0.15, -0.1) is 0 Å². The molecule has 0 aliphatic carbocycles. The molecular formula is C8H7Br3O. The van der Waals surface area contributed by atoms with Crippen LogP contribution in [0.1, 0.15) is 5.56 Å². The van der Waals surface area contributed by atoms with Crippen LogP contribution in [-0.4, -0.2) is 7.11 Å². The van der Waals surface area contributed by atoms with Gasteiger partial charge in [-0.3, -0.25) is 0 Å². The maximum Gasteiger partial charge on any atom is 0.163 e. The van der Waals surface area contributed by atoms with E-state index in [4.69, 9.17) is 4.74 Å². The third-order valence-electron chi connectivity index (χ3n) is 1.41. The van der Waals surface area contributed by atoms with E-state index in [1.807, 2.05) is 24.3 Å². The number of rotatable bonds is 1. The maximum atomic E-state index is 5.18. The van der Waals surface area contributed by atoms with Gasteiger partial charge in [-0.25, -0.2) is 0 Å². The van der Waals surface area contributed by atoms with Crippen molar-refractivity contribution in [1.82, 2.24) is 0 Å². The Hall–Kier alpha value is 0.460. The lowest BCUT2D eigenvalue weighted by molar-refractivity contribution is 0.411. The number of alkyl halides is 3. The zero-order chi connectivity index (χ0) is 9.19. The Kier molecular flexibility index (Phi) is 3.61. The number of methoxy groups -OCH3 is 1. The van der Waals surface area contributed by atoms with E-state index in [0.717, 1.165) is 11.3 Å². The lowest BCUT2D eigenvalue weighted by Gasteiger charge is -2.15. The Balaban J connectivity index is 3.14. The predicted octanol–water partition coefficient (Wildman–Crippen LogP) is 3.99. The molecule has 0 saturated heterocycles. The Morgan fingerprint density at radius 2 is 1.75 bits per heavy atom. The van der Waals surface area contributed by atoms with Crippen molar-refractivity contribution in [2.24, 2.45) is 0 Å². The largest absolute Gasteiger partial charge is 0.496 e. The monoisotopic (exact) mass is 356 g/mol. The van der Waals surface area contributed by atoms with Crippen molar-refractivity contribution in [3.63, 3.8) is 0 Å². The van der Waals surface area contributed by atoms with Gasteiger partial charge < -0.3 is 4.74 Å². The van der Waals surface area contributed by atoms with Gasteiger partial charge in [-0.2, -0.15) is 0 Å². The Morgan fingerprint density at radius 3 is 2.17 bits per heavy atom. The molecule has 0 unspecified atom stereocenters. The molecule has 0 bridgehead atoms. The minimum absolute atomic E-state index is 0.403. The molecule has 4 heteroatoms. The van der Waals surface area contributed by atoms with Crippen molar-refractivity contribution in [3.05, 3.63) is 29.8 Å². The summed E-state index contributed by atoms with van der Waals surface area (Å²) in [7, 11) is 1.65. The fourth-order valence-electron chi connectivity index (χ4n) is 0.879. The van der Waals surface area contributed by atoms with E-state index in [1.165, 1.54) is 0 Å². The van der Waals surface area contributed by atoms with Gasteiger partial charge in [-0.1, -0.05) is 66.0 Å². The molecule has 1 nitrogen and oxygen atoms in total. The lowest BCUT2D eigenvalue weighted by atomic mass is 10.2. The molecule has 0 heterocycles. The van der Waals surface area contributed by atoms with Crippen molar-refractivity contribution in [2.75, 3.05) is 7.11 Å². The Labute approximate surface area is 96.9 Å². The van der Waals surface area contributed by atoms with Crippen LogP contribution in [0.2, 0.25) is 0 Å². The van der Waals surface area contributed by atoms with E-state index >= 15 is 0 Å². The first-order chi connectivity index (χ1) is 5.55. The molecule has 0 saturated carbocycles. The number of para-hydroxylation sites is 1. The SMILES string of the molecule is COc1ccccc1C(Br)(Br)Br. The zero-order valence-corrected chi connectivity index (χ0v) is 11.1. The number of hydrogen-bond donors (Lipinski definition) is 0. The van der Waals surface area contributed by atoms with Crippen LogP contribution < -0.4 is 4.74 Å². The maximum absolute atomic E-state index is 5.18. The number of ether oxygens (including phenoxy) is 1. The van der Waals surface area contributed by atoms with E-state index in [-0.39, 0.29) is 0 Å². The highest BCUT2D eigenvalue weighted by Crippen LogP contribution is 2.47. The van der Waals surface area contributed by atoms with Gasteiger partial charge in [0.15, 0.2) is 2.14 Å². The molecule has 0 atom stereocenters. The van der Waals surface area contributed by atoms with E-state index in [1.54, 1.807) is 7.11 Å². The molecule has 0 N–H and O–H groups in total. The minimum Gasteiger partial charge on any atom is -0.496 e. The van der Waals surface area contributed by atoms with Gasteiger partial charge in [0, 0.05) is 5.56 Å². The molecule has 0 amide bonds. The van der Waals surface area contributed by atoms with Crippen LogP contribution in [0.25, 0.3) is 0 Å². The summed E-state index contributed by atoms with van der Waals surface area (Å²) in [5, 5.41) is 0. The van der Waals surface area contributed by atoms with Gasteiger partial charge >= 0.3 is 0 Å². The molecule has 1 rings (SSSR count). The van der Waals surface area contributed by atoms with Crippen molar-refractivity contribution in [1.29, 1.82) is 0 Å². The number of benzene rings is 1. The highest BCUT2D eigenvalue weighted by Gasteiger charge is 2.24. The van der Waals surface area contributed by atoms with E-state index < -0.39 is 2.14 Å². The summed E-state index contributed by atoms with van der Waals surface area (Å²) >= 11 is 10.3. The highest BCUT2D eigenvalue weighted by atomic mass is 80.0. The van der Waals surface area contributed by atoms with Gasteiger partial charge in [0.25, 0.3) is 0 Å². The second-order valence-corrected chi connectivity index (χ2v) is 8.96. The van der Waals surface area contributed by atoms with Crippen LogP contribution in [0.5, 0.6) is 5.75 Å². The third kappa shape index (κ3) is 2.47. The topological polar surface area (TPSA) is 9.23 Å². The predicted molar refractivity (Wildman–Crippen MR) is 61.5 cm³/mol. The first kappa shape index (κ1) is 10.5. The quantitative estimate of drug-likeness (QED) is 0.690. The fraction of sp³-hybridized carbons (Fsp3) is 0.250. The van der Waals surface area contributed by atoms with Crippen LogP contribution in [0.3, 0.4) is 0 Å².